The topological polar surface area (TPSA) is 55.1 Å². The number of nitrogen functional groups attached to an aromatic ring is 1. The van der Waals surface area contributed by atoms with E-state index in [1.807, 2.05) is 0 Å². The third-order valence-electron chi connectivity index (χ3n) is 2.36. The summed E-state index contributed by atoms with van der Waals surface area (Å²) in [7, 11) is 0. The maximum absolute atomic E-state index is 13.4. The summed E-state index contributed by atoms with van der Waals surface area (Å²) in [6, 6.07) is 10.4. The van der Waals surface area contributed by atoms with E-state index in [2.05, 4.69) is 5.32 Å². The van der Waals surface area contributed by atoms with E-state index in [1.54, 1.807) is 18.2 Å². The zero-order valence-electron chi connectivity index (χ0n) is 9.28. The van der Waals surface area contributed by atoms with Crippen LogP contribution in [0.5, 0.6) is 0 Å². The molecular weight excluding hydrogens is 255 g/mol. The molecule has 92 valence electrons. The van der Waals surface area contributed by atoms with Crippen LogP contribution in [-0.2, 0) is 0 Å². The summed E-state index contributed by atoms with van der Waals surface area (Å²) in [6.45, 7) is 0. The van der Waals surface area contributed by atoms with Gasteiger partial charge in [-0.1, -0.05) is 23.7 Å². The van der Waals surface area contributed by atoms with Crippen molar-refractivity contribution in [1.29, 1.82) is 0 Å². The Kier molecular flexibility index (Phi) is 3.48. The highest BCUT2D eigenvalue weighted by Gasteiger charge is 2.12. The number of halogens is 2. The number of rotatable bonds is 2. The van der Waals surface area contributed by atoms with Gasteiger partial charge < -0.3 is 11.1 Å². The molecule has 0 spiro atoms. The van der Waals surface area contributed by atoms with Crippen LogP contribution in [0.15, 0.2) is 42.5 Å². The molecule has 18 heavy (non-hydrogen) atoms. The highest BCUT2D eigenvalue weighted by molar-refractivity contribution is 6.34. The first-order valence-electron chi connectivity index (χ1n) is 5.19. The lowest BCUT2D eigenvalue weighted by atomic mass is 10.2. The third-order valence-corrected chi connectivity index (χ3v) is 2.67. The Labute approximate surface area is 108 Å². The van der Waals surface area contributed by atoms with Gasteiger partial charge in [-0.3, -0.25) is 4.79 Å². The number of benzene rings is 2. The zero-order valence-corrected chi connectivity index (χ0v) is 10.0. The molecule has 0 aliphatic carbocycles. The van der Waals surface area contributed by atoms with Gasteiger partial charge in [0.15, 0.2) is 0 Å². The summed E-state index contributed by atoms with van der Waals surface area (Å²) in [6.07, 6.45) is 0. The minimum absolute atomic E-state index is 0.107. The number of nitrogens with one attached hydrogen (secondary N) is 1. The van der Waals surface area contributed by atoms with E-state index in [-0.39, 0.29) is 16.3 Å². The molecule has 0 unspecified atom stereocenters. The van der Waals surface area contributed by atoms with Crippen LogP contribution in [0, 0.1) is 5.82 Å². The Morgan fingerprint density at radius 1 is 1.22 bits per heavy atom. The Hall–Kier alpha value is -2.07. The van der Waals surface area contributed by atoms with E-state index < -0.39 is 11.7 Å². The lowest BCUT2D eigenvalue weighted by Crippen LogP contribution is -2.13. The molecule has 0 fully saturated rings. The maximum Gasteiger partial charge on any atom is 0.257 e. The van der Waals surface area contributed by atoms with Crippen LogP contribution >= 0.6 is 11.6 Å². The van der Waals surface area contributed by atoms with Gasteiger partial charge in [-0.05, 0) is 30.3 Å². The van der Waals surface area contributed by atoms with Gasteiger partial charge in [-0.15, -0.1) is 0 Å². The van der Waals surface area contributed by atoms with Crippen LogP contribution in [0.4, 0.5) is 15.8 Å². The van der Waals surface area contributed by atoms with Crippen molar-refractivity contribution in [3.63, 3.8) is 0 Å². The van der Waals surface area contributed by atoms with Crippen molar-refractivity contribution < 1.29 is 9.18 Å². The average Bonchev–Trinajstić information content (AvgIpc) is 2.32. The van der Waals surface area contributed by atoms with Crippen molar-refractivity contribution in [2.75, 3.05) is 11.1 Å². The molecule has 2 aromatic carbocycles. The Bertz CT molecular complexity index is 601. The third kappa shape index (κ3) is 2.60. The van der Waals surface area contributed by atoms with Gasteiger partial charge in [0.25, 0.3) is 5.91 Å². The summed E-state index contributed by atoms with van der Waals surface area (Å²) in [5.41, 5.74) is 6.34. The van der Waals surface area contributed by atoms with Gasteiger partial charge in [0.05, 0.1) is 16.3 Å². The maximum atomic E-state index is 13.4. The highest BCUT2D eigenvalue weighted by Crippen LogP contribution is 2.21. The second-order valence-corrected chi connectivity index (χ2v) is 4.08. The van der Waals surface area contributed by atoms with Crippen molar-refractivity contribution in [2.24, 2.45) is 0 Å². The number of para-hydroxylation sites is 1. The smallest absolute Gasteiger partial charge is 0.257 e. The normalized spacial score (nSPS) is 10.1. The minimum Gasteiger partial charge on any atom is -0.399 e. The molecule has 1 amide bonds. The minimum atomic E-state index is -0.502. The van der Waals surface area contributed by atoms with Crippen LogP contribution in [0.3, 0.4) is 0 Å². The summed E-state index contributed by atoms with van der Waals surface area (Å²) in [5.74, 6) is -0.984. The van der Waals surface area contributed by atoms with Gasteiger partial charge in [-0.25, -0.2) is 4.39 Å². The SMILES string of the molecule is Nc1ccc(C(=O)Nc2ccccc2F)c(Cl)c1. The number of amides is 1. The molecule has 0 radical (unpaired) electrons. The molecule has 0 aliphatic heterocycles. The fourth-order valence-electron chi connectivity index (χ4n) is 1.47. The van der Waals surface area contributed by atoms with E-state index in [1.165, 1.54) is 24.3 Å². The number of hydrogen-bond donors (Lipinski definition) is 2. The van der Waals surface area contributed by atoms with Crippen LogP contribution < -0.4 is 11.1 Å². The molecular formula is C13H10ClFN2O. The first kappa shape index (κ1) is 12.4. The molecule has 0 aliphatic rings. The van der Waals surface area contributed by atoms with Crippen LogP contribution in [0.2, 0.25) is 5.02 Å². The van der Waals surface area contributed by atoms with E-state index in [9.17, 15) is 9.18 Å². The standard InChI is InChI=1S/C13H10ClFN2O/c14-10-7-8(16)5-6-9(10)13(18)17-12-4-2-1-3-11(12)15/h1-7H,16H2,(H,17,18). The Morgan fingerprint density at radius 2 is 1.94 bits per heavy atom. The molecule has 0 saturated carbocycles. The molecule has 2 rings (SSSR count). The number of carbonyl (C=O) groups excluding carboxylic acids is 1. The second-order valence-electron chi connectivity index (χ2n) is 3.67. The molecule has 3 nitrogen and oxygen atoms in total. The predicted octanol–water partition coefficient (Wildman–Crippen LogP) is 3.31. The van der Waals surface area contributed by atoms with Crippen LogP contribution in [0.1, 0.15) is 10.4 Å². The molecule has 0 aromatic heterocycles. The summed E-state index contributed by atoms with van der Waals surface area (Å²) < 4.78 is 13.4. The van der Waals surface area contributed by atoms with Gasteiger partial charge in [0.2, 0.25) is 0 Å². The number of nitrogens with two attached hydrogens (primary N) is 1. The fraction of sp³-hybridized carbons (Fsp3) is 0. The fourth-order valence-corrected chi connectivity index (χ4v) is 1.74. The van der Waals surface area contributed by atoms with Crippen molar-refractivity contribution in [3.8, 4) is 0 Å². The molecule has 3 N–H and O–H groups in total. The molecule has 0 heterocycles. The first-order valence-corrected chi connectivity index (χ1v) is 5.56. The number of hydrogen-bond acceptors (Lipinski definition) is 2. The molecule has 0 saturated heterocycles. The number of anilines is 2. The largest absolute Gasteiger partial charge is 0.399 e. The quantitative estimate of drug-likeness (QED) is 0.818. The van der Waals surface area contributed by atoms with Crippen molar-refractivity contribution >= 4 is 28.9 Å². The van der Waals surface area contributed by atoms with E-state index in [0.717, 1.165) is 0 Å². The van der Waals surface area contributed by atoms with E-state index in [4.69, 9.17) is 17.3 Å². The van der Waals surface area contributed by atoms with Crippen molar-refractivity contribution in [2.45, 2.75) is 0 Å². The molecule has 2 aromatic rings. The van der Waals surface area contributed by atoms with Crippen LogP contribution in [0.25, 0.3) is 0 Å². The molecule has 5 heteroatoms. The van der Waals surface area contributed by atoms with Crippen molar-refractivity contribution in [1.82, 2.24) is 0 Å². The van der Waals surface area contributed by atoms with Gasteiger partial charge in [0, 0.05) is 5.69 Å². The van der Waals surface area contributed by atoms with E-state index in [0.29, 0.717) is 5.69 Å². The monoisotopic (exact) mass is 264 g/mol. The second kappa shape index (κ2) is 5.06. The van der Waals surface area contributed by atoms with Crippen molar-refractivity contribution in [3.05, 3.63) is 58.9 Å². The lowest BCUT2D eigenvalue weighted by molar-refractivity contribution is 0.102. The van der Waals surface area contributed by atoms with E-state index >= 15 is 0 Å². The highest BCUT2D eigenvalue weighted by atomic mass is 35.5. The Morgan fingerprint density at radius 3 is 2.61 bits per heavy atom. The van der Waals surface area contributed by atoms with Gasteiger partial charge in [0.1, 0.15) is 5.82 Å². The average molecular weight is 265 g/mol. The Balaban J connectivity index is 2.25. The molecule has 0 bridgehead atoms. The lowest BCUT2D eigenvalue weighted by Gasteiger charge is -2.07. The summed E-state index contributed by atoms with van der Waals surface area (Å²) >= 11 is 5.90. The zero-order chi connectivity index (χ0) is 13.1. The van der Waals surface area contributed by atoms with Gasteiger partial charge >= 0.3 is 0 Å². The summed E-state index contributed by atoms with van der Waals surface area (Å²) in [4.78, 5) is 11.9. The number of carbonyl (C=O) groups is 1. The first-order chi connectivity index (χ1) is 8.58. The van der Waals surface area contributed by atoms with Gasteiger partial charge in [-0.2, -0.15) is 0 Å². The predicted molar refractivity (Wildman–Crippen MR) is 70.2 cm³/mol. The molecule has 0 atom stereocenters. The summed E-state index contributed by atoms with van der Waals surface area (Å²) in [5, 5.41) is 2.67. The van der Waals surface area contributed by atoms with Crippen LogP contribution in [-0.4, -0.2) is 5.91 Å².